The maximum Gasteiger partial charge on any atom is 0.288 e. The van der Waals surface area contributed by atoms with Crippen molar-refractivity contribution in [1.29, 1.82) is 0 Å². The molecule has 0 bridgehead atoms. The van der Waals surface area contributed by atoms with Gasteiger partial charge in [0, 0.05) is 25.1 Å². The standard InChI is InChI=1S/C7H9NO3S/c9-4-1-3-8-6(10)2-5-12-7(8)11/h4H,1-3,5H2. The Morgan fingerprint density at radius 1 is 1.50 bits per heavy atom. The van der Waals surface area contributed by atoms with Gasteiger partial charge in [0.25, 0.3) is 5.24 Å². The summed E-state index contributed by atoms with van der Waals surface area (Å²) in [6.07, 6.45) is 1.34. The molecular formula is C7H9NO3S. The molecule has 5 heteroatoms. The molecule has 4 nitrogen and oxygen atoms in total. The molecule has 2 amide bonds. The third kappa shape index (κ3) is 2.07. The maximum absolute atomic E-state index is 11.1. The summed E-state index contributed by atoms with van der Waals surface area (Å²) in [6.45, 7) is 0.230. The largest absolute Gasteiger partial charge is 0.303 e. The second-order valence-corrected chi connectivity index (χ2v) is 3.41. The summed E-state index contributed by atoms with van der Waals surface area (Å²) >= 11 is 1.13. The van der Waals surface area contributed by atoms with Gasteiger partial charge in [-0.15, -0.1) is 0 Å². The van der Waals surface area contributed by atoms with Gasteiger partial charge >= 0.3 is 0 Å². The number of imide groups is 1. The van der Waals surface area contributed by atoms with Gasteiger partial charge in [-0.2, -0.15) is 0 Å². The predicted octanol–water partition coefficient (Wildman–Crippen LogP) is 0.661. The fraction of sp³-hybridized carbons (Fsp3) is 0.571. The molecule has 1 heterocycles. The molecule has 1 rings (SSSR count). The van der Waals surface area contributed by atoms with Crippen LogP contribution in [0.2, 0.25) is 0 Å². The molecule has 0 aromatic rings. The number of amides is 2. The van der Waals surface area contributed by atoms with Gasteiger partial charge in [0.05, 0.1) is 0 Å². The van der Waals surface area contributed by atoms with E-state index < -0.39 is 0 Å². The molecule has 1 saturated heterocycles. The zero-order valence-electron chi connectivity index (χ0n) is 6.49. The molecule has 0 radical (unpaired) electrons. The number of rotatable bonds is 3. The average molecular weight is 187 g/mol. The van der Waals surface area contributed by atoms with Crippen molar-refractivity contribution in [2.75, 3.05) is 12.3 Å². The minimum absolute atomic E-state index is 0.166. The van der Waals surface area contributed by atoms with Crippen molar-refractivity contribution in [3.05, 3.63) is 0 Å². The molecule has 1 aliphatic heterocycles. The second kappa shape index (κ2) is 4.25. The summed E-state index contributed by atoms with van der Waals surface area (Å²) < 4.78 is 0. The second-order valence-electron chi connectivity index (χ2n) is 2.37. The van der Waals surface area contributed by atoms with Crippen LogP contribution in [0.3, 0.4) is 0 Å². The lowest BCUT2D eigenvalue weighted by Gasteiger charge is -2.22. The number of aldehydes is 1. The Labute approximate surface area is 74.3 Å². The topological polar surface area (TPSA) is 54.5 Å². The summed E-state index contributed by atoms with van der Waals surface area (Å²) in [7, 11) is 0. The van der Waals surface area contributed by atoms with Crippen molar-refractivity contribution in [3.63, 3.8) is 0 Å². The van der Waals surface area contributed by atoms with Crippen LogP contribution in [-0.2, 0) is 9.59 Å². The number of hydrogen-bond donors (Lipinski definition) is 0. The van der Waals surface area contributed by atoms with E-state index in [-0.39, 0.29) is 24.1 Å². The Balaban J connectivity index is 2.51. The van der Waals surface area contributed by atoms with E-state index in [4.69, 9.17) is 0 Å². The van der Waals surface area contributed by atoms with Gasteiger partial charge in [-0.1, -0.05) is 11.8 Å². The van der Waals surface area contributed by atoms with Crippen molar-refractivity contribution in [1.82, 2.24) is 4.90 Å². The van der Waals surface area contributed by atoms with Gasteiger partial charge in [0.2, 0.25) is 5.91 Å². The fourth-order valence-corrected chi connectivity index (χ4v) is 1.74. The van der Waals surface area contributed by atoms with Crippen molar-refractivity contribution in [2.45, 2.75) is 12.8 Å². The van der Waals surface area contributed by atoms with Crippen LogP contribution in [-0.4, -0.2) is 34.6 Å². The molecule has 0 aromatic heterocycles. The summed E-state index contributed by atoms with van der Waals surface area (Å²) in [4.78, 5) is 33.3. The number of carbonyl (C=O) groups excluding carboxylic acids is 3. The number of nitrogens with zero attached hydrogens (tertiary/aromatic N) is 1. The number of thioether (sulfide) groups is 1. The van der Waals surface area contributed by atoms with Crippen LogP contribution in [0.25, 0.3) is 0 Å². The van der Waals surface area contributed by atoms with Crippen molar-refractivity contribution in [3.8, 4) is 0 Å². The van der Waals surface area contributed by atoms with Crippen LogP contribution >= 0.6 is 11.8 Å². The van der Waals surface area contributed by atoms with Crippen LogP contribution in [0, 0.1) is 0 Å². The molecule has 0 aliphatic carbocycles. The number of carbonyl (C=O) groups is 3. The first-order valence-electron chi connectivity index (χ1n) is 3.66. The van der Waals surface area contributed by atoms with Gasteiger partial charge in [-0.25, -0.2) is 0 Å². The highest BCUT2D eigenvalue weighted by atomic mass is 32.2. The Morgan fingerprint density at radius 2 is 2.25 bits per heavy atom. The van der Waals surface area contributed by atoms with Crippen LogP contribution < -0.4 is 0 Å². The van der Waals surface area contributed by atoms with Crippen molar-refractivity contribution in [2.24, 2.45) is 0 Å². The summed E-state index contributed by atoms with van der Waals surface area (Å²) in [5, 5.41) is -0.229. The van der Waals surface area contributed by atoms with E-state index >= 15 is 0 Å². The lowest BCUT2D eigenvalue weighted by molar-refractivity contribution is -0.127. The summed E-state index contributed by atoms with van der Waals surface area (Å²) in [5.41, 5.74) is 0. The van der Waals surface area contributed by atoms with Crippen molar-refractivity contribution >= 4 is 29.2 Å². The minimum atomic E-state index is -0.229. The molecular weight excluding hydrogens is 178 g/mol. The minimum Gasteiger partial charge on any atom is -0.303 e. The molecule has 12 heavy (non-hydrogen) atoms. The van der Waals surface area contributed by atoms with E-state index in [1.165, 1.54) is 0 Å². The Hall–Kier alpha value is -0.840. The third-order valence-corrected chi connectivity index (χ3v) is 2.41. The zero-order valence-corrected chi connectivity index (χ0v) is 7.30. The normalized spacial score (nSPS) is 18.2. The summed E-state index contributed by atoms with van der Waals surface area (Å²) in [5.74, 6) is 0.399. The molecule has 66 valence electrons. The molecule has 0 saturated carbocycles. The Morgan fingerprint density at radius 3 is 2.83 bits per heavy atom. The maximum atomic E-state index is 11.1. The highest BCUT2D eigenvalue weighted by Crippen LogP contribution is 2.17. The van der Waals surface area contributed by atoms with Crippen LogP contribution in [0.15, 0.2) is 0 Å². The quantitative estimate of drug-likeness (QED) is 0.609. The van der Waals surface area contributed by atoms with E-state index in [9.17, 15) is 14.4 Å². The molecule has 1 fully saturated rings. The van der Waals surface area contributed by atoms with Crippen LogP contribution in [0.5, 0.6) is 0 Å². The summed E-state index contributed by atoms with van der Waals surface area (Å²) in [6, 6.07) is 0. The van der Waals surface area contributed by atoms with Crippen LogP contribution in [0.4, 0.5) is 4.79 Å². The van der Waals surface area contributed by atoms with E-state index in [1.807, 2.05) is 0 Å². The highest BCUT2D eigenvalue weighted by molar-refractivity contribution is 8.13. The van der Waals surface area contributed by atoms with Gasteiger partial charge in [0.15, 0.2) is 0 Å². The molecule has 0 spiro atoms. The zero-order chi connectivity index (χ0) is 8.97. The average Bonchev–Trinajstić information content (AvgIpc) is 2.04. The predicted molar refractivity (Wildman–Crippen MR) is 44.9 cm³/mol. The molecule has 0 atom stereocenters. The molecule has 0 aromatic carbocycles. The lowest BCUT2D eigenvalue weighted by Crippen LogP contribution is -2.38. The first kappa shape index (κ1) is 9.25. The molecule has 1 aliphatic rings. The van der Waals surface area contributed by atoms with Gasteiger partial charge < -0.3 is 4.79 Å². The Bertz CT molecular complexity index is 201. The fourth-order valence-electron chi connectivity index (χ4n) is 0.938. The van der Waals surface area contributed by atoms with E-state index in [2.05, 4.69) is 0 Å². The lowest BCUT2D eigenvalue weighted by atomic mass is 10.3. The monoisotopic (exact) mass is 187 g/mol. The van der Waals surface area contributed by atoms with Gasteiger partial charge in [-0.3, -0.25) is 14.5 Å². The number of hydrogen-bond acceptors (Lipinski definition) is 4. The van der Waals surface area contributed by atoms with E-state index in [0.717, 1.165) is 16.7 Å². The Kier molecular flexibility index (Phi) is 3.28. The van der Waals surface area contributed by atoms with E-state index in [1.54, 1.807) is 0 Å². The molecule has 0 unspecified atom stereocenters. The molecule has 0 N–H and O–H groups in total. The first-order valence-corrected chi connectivity index (χ1v) is 4.65. The smallest absolute Gasteiger partial charge is 0.288 e. The van der Waals surface area contributed by atoms with Crippen LogP contribution in [0.1, 0.15) is 12.8 Å². The SMILES string of the molecule is O=CCCN1C(=O)CCSC1=O. The highest BCUT2D eigenvalue weighted by Gasteiger charge is 2.25. The third-order valence-electron chi connectivity index (χ3n) is 1.53. The first-order chi connectivity index (χ1) is 5.75. The van der Waals surface area contributed by atoms with Gasteiger partial charge in [-0.05, 0) is 0 Å². The van der Waals surface area contributed by atoms with Crippen molar-refractivity contribution < 1.29 is 14.4 Å². The van der Waals surface area contributed by atoms with E-state index in [0.29, 0.717) is 18.5 Å². The van der Waals surface area contributed by atoms with Gasteiger partial charge in [0.1, 0.15) is 6.29 Å².